The van der Waals surface area contributed by atoms with Crippen molar-refractivity contribution in [1.29, 1.82) is 0 Å². The molecule has 19 heavy (non-hydrogen) atoms. The van der Waals surface area contributed by atoms with Crippen LogP contribution in [-0.4, -0.2) is 13.2 Å². The van der Waals surface area contributed by atoms with Crippen LogP contribution in [0.25, 0.3) is 0 Å². The van der Waals surface area contributed by atoms with Crippen LogP contribution in [0.4, 0.5) is 0 Å². The third-order valence-corrected chi connectivity index (χ3v) is 3.28. The Bertz CT molecular complexity index is 525. The van der Waals surface area contributed by atoms with Crippen molar-refractivity contribution in [2.24, 2.45) is 5.73 Å². The predicted octanol–water partition coefficient (Wildman–Crippen LogP) is 3.46. The summed E-state index contributed by atoms with van der Waals surface area (Å²) in [6.07, 6.45) is 1.67. The molecule has 0 fully saturated rings. The van der Waals surface area contributed by atoms with E-state index in [1.54, 1.807) is 7.11 Å². The van der Waals surface area contributed by atoms with Gasteiger partial charge in [0.05, 0.1) is 7.11 Å². The maximum Gasteiger partial charge on any atom is 0.118 e. The average Bonchev–Trinajstić information content (AvgIpc) is 2.39. The minimum atomic E-state index is 0.0897. The zero-order valence-corrected chi connectivity index (χ0v) is 11.7. The Morgan fingerprint density at radius 1 is 1.05 bits per heavy atom. The van der Waals surface area contributed by atoms with Gasteiger partial charge in [-0.05, 0) is 48.2 Å². The molecule has 0 spiro atoms. The monoisotopic (exact) mass is 275 g/mol. The van der Waals surface area contributed by atoms with E-state index in [4.69, 9.17) is 22.1 Å². The standard InChI is InChI=1S/C16H18ClNO/c1-19-16-7-5-12(6-8-16)10-15(18)11-13-3-2-4-14(17)9-13/h2-9,15H,10-11,18H2,1H3. The quantitative estimate of drug-likeness (QED) is 0.907. The fourth-order valence-corrected chi connectivity index (χ4v) is 2.32. The van der Waals surface area contributed by atoms with Crippen LogP contribution in [0.3, 0.4) is 0 Å². The van der Waals surface area contributed by atoms with Crippen LogP contribution < -0.4 is 10.5 Å². The SMILES string of the molecule is COc1ccc(CC(N)Cc2cccc(Cl)c2)cc1. The zero-order chi connectivity index (χ0) is 13.7. The first-order chi connectivity index (χ1) is 9.17. The summed E-state index contributed by atoms with van der Waals surface area (Å²) in [6.45, 7) is 0. The lowest BCUT2D eigenvalue weighted by atomic mass is 10.00. The zero-order valence-electron chi connectivity index (χ0n) is 11.0. The molecule has 0 aliphatic carbocycles. The molecule has 0 radical (unpaired) electrons. The third kappa shape index (κ3) is 4.27. The molecule has 0 aliphatic rings. The first-order valence-corrected chi connectivity index (χ1v) is 6.68. The molecule has 0 saturated carbocycles. The van der Waals surface area contributed by atoms with Crippen LogP contribution in [-0.2, 0) is 12.8 Å². The number of methoxy groups -OCH3 is 1. The number of nitrogens with two attached hydrogens (primary N) is 1. The van der Waals surface area contributed by atoms with Crippen molar-refractivity contribution < 1.29 is 4.74 Å². The second kappa shape index (κ2) is 6.60. The van der Waals surface area contributed by atoms with Crippen molar-refractivity contribution in [3.05, 3.63) is 64.7 Å². The van der Waals surface area contributed by atoms with Gasteiger partial charge in [-0.1, -0.05) is 35.9 Å². The normalized spacial score (nSPS) is 12.2. The van der Waals surface area contributed by atoms with Crippen molar-refractivity contribution in [2.75, 3.05) is 7.11 Å². The molecule has 2 aromatic carbocycles. The van der Waals surface area contributed by atoms with Gasteiger partial charge in [-0.3, -0.25) is 0 Å². The number of halogens is 1. The summed E-state index contributed by atoms with van der Waals surface area (Å²) >= 11 is 5.97. The first kappa shape index (κ1) is 13.9. The van der Waals surface area contributed by atoms with Gasteiger partial charge in [0, 0.05) is 11.1 Å². The highest BCUT2D eigenvalue weighted by Gasteiger charge is 2.06. The first-order valence-electron chi connectivity index (χ1n) is 6.30. The Kier molecular flexibility index (Phi) is 4.83. The van der Waals surface area contributed by atoms with Gasteiger partial charge < -0.3 is 10.5 Å². The summed E-state index contributed by atoms with van der Waals surface area (Å²) in [4.78, 5) is 0. The van der Waals surface area contributed by atoms with E-state index < -0.39 is 0 Å². The van der Waals surface area contributed by atoms with Gasteiger partial charge in [-0.15, -0.1) is 0 Å². The van der Waals surface area contributed by atoms with Crippen LogP contribution >= 0.6 is 11.6 Å². The number of benzene rings is 2. The fourth-order valence-electron chi connectivity index (χ4n) is 2.10. The van der Waals surface area contributed by atoms with Crippen molar-refractivity contribution in [1.82, 2.24) is 0 Å². The summed E-state index contributed by atoms with van der Waals surface area (Å²) in [5.41, 5.74) is 8.58. The third-order valence-electron chi connectivity index (χ3n) is 3.04. The van der Waals surface area contributed by atoms with Crippen LogP contribution in [0.2, 0.25) is 5.02 Å². The topological polar surface area (TPSA) is 35.2 Å². The molecule has 100 valence electrons. The molecule has 0 heterocycles. The lowest BCUT2D eigenvalue weighted by molar-refractivity contribution is 0.414. The largest absolute Gasteiger partial charge is 0.497 e. The van der Waals surface area contributed by atoms with E-state index in [9.17, 15) is 0 Å². The highest BCUT2D eigenvalue weighted by Crippen LogP contribution is 2.15. The van der Waals surface area contributed by atoms with E-state index in [2.05, 4.69) is 18.2 Å². The molecule has 1 atom stereocenters. The van der Waals surface area contributed by atoms with Crippen LogP contribution in [0.5, 0.6) is 5.75 Å². The summed E-state index contributed by atoms with van der Waals surface area (Å²) in [5, 5.41) is 0.758. The summed E-state index contributed by atoms with van der Waals surface area (Å²) in [7, 11) is 1.67. The lowest BCUT2D eigenvalue weighted by Gasteiger charge is -2.12. The van der Waals surface area contributed by atoms with Gasteiger partial charge in [-0.2, -0.15) is 0 Å². The minimum absolute atomic E-state index is 0.0897. The smallest absolute Gasteiger partial charge is 0.118 e. The number of rotatable bonds is 5. The van der Waals surface area contributed by atoms with E-state index in [-0.39, 0.29) is 6.04 Å². The predicted molar refractivity (Wildman–Crippen MR) is 79.8 cm³/mol. The molecule has 0 amide bonds. The van der Waals surface area contributed by atoms with Crippen molar-refractivity contribution >= 4 is 11.6 Å². The second-order valence-electron chi connectivity index (χ2n) is 4.65. The summed E-state index contributed by atoms with van der Waals surface area (Å²) in [6, 6.07) is 16.0. The van der Waals surface area contributed by atoms with E-state index >= 15 is 0 Å². The highest BCUT2D eigenvalue weighted by atomic mass is 35.5. The van der Waals surface area contributed by atoms with Crippen LogP contribution in [0.15, 0.2) is 48.5 Å². The molecule has 0 aromatic heterocycles. The van der Waals surface area contributed by atoms with Crippen LogP contribution in [0.1, 0.15) is 11.1 Å². The molecular weight excluding hydrogens is 258 g/mol. The summed E-state index contributed by atoms with van der Waals surface area (Å²) < 4.78 is 5.14. The molecule has 0 saturated heterocycles. The van der Waals surface area contributed by atoms with Gasteiger partial charge in [0.2, 0.25) is 0 Å². The molecule has 0 aliphatic heterocycles. The van der Waals surface area contributed by atoms with E-state index in [1.807, 2.05) is 30.3 Å². The van der Waals surface area contributed by atoms with Gasteiger partial charge in [-0.25, -0.2) is 0 Å². The molecule has 3 heteroatoms. The molecule has 2 aromatic rings. The van der Waals surface area contributed by atoms with Gasteiger partial charge in [0.1, 0.15) is 5.75 Å². The molecule has 2 rings (SSSR count). The maximum atomic E-state index is 6.18. The van der Waals surface area contributed by atoms with Crippen molar-refractivity contribution in [3.63, 3.8) is 0 Å². The maximum absolute atomic E-state index is 6.18. The fraction of sp³-hybridized carbons (Fsp3) is 0.250. The minimum Gasteiger partial charge on any atom is -0.497 e. The Labute approximate surface area is 119 Å². The number of hydrogen-bond acceptors (Lipinski definition) is 2. The van der Waals surface area contributed by atoms with Crippen molar-refractivity contribution in [3.8, 4) is 5.75 Å². The summed E-state index contributed by atoms with van der Waals surface area (Å²) in [5.74, 6) is 0.868. The van der Waals surface area contributed by atoms with Gasteiger partial charge in [0.15, 0.2) is 0 Å². The van der Waals surface area contributed by atoms with Crippen LogP contribution in [0, 0.1) is 0 Å². The number of ether oxygens (including phenoxy) is 1. The molecule has 2 N–H and O–H groups in total. The van der Waals surface area contributed by atoms with Crippen molar-refractivity contribution in [2.45, 2.75) is 18.9 Å². The molecule has 2 nitrogen and oxygen atoms in total. The molecule has 0 bridgehead atoms. The van der Waals surface area contributed by atoms with Gasteiger partial charge >= 0.3 is 0 Å². The molecular formula is C16H18ClNO. The average molecular weight is 276 g/mol. The lowest BCUT2D eigenvalue weighted by Crippen LogP contribution is -2.25. The highest BCUT2D eigenvalue weighted by molar-refractivity contribution is 6.30. The van der Waals surface area contributed by atoms with Gasteiger partial charge in [0.25, 0.3) is 0 Å². The molecule has 1 unspecified atom stereocenters. The van der Waals surface area contributed by atoms with E-state index in [0.29, 0.717) is 0 Å². The second-order valence-corrected chi connectivity index (χ2v) is 5.08. The Balaban J connectivity index is 1.95. The van der Waals surface area contributed by atoms with E-state index in [1.165, 1.54) is 11.1 Å². The van der Waals surface area contributed by atoms with E-state index in [0.717, 1.165) is 23.6 Å². The Morgan fingerprint density at radius 3 is 2.37 bits per heavy atom. The Hall–Kier alpha value is -1.51. The number of hydrogen-bond donors (Lipinski definition) is 1. The Morgan fingerprint density at radius 2 is 1.74 bits per heavy atom.